The SMILES string of the molecule is Cc1cc(C)cc(CCCPBr)c1.Cc1cc(C)cc(CCCPCl)c1. The zero-order chi connectivity index (χ0) is 19.4. The highest BCUT2D eigenvalue weighted by Crippen LogP contribution is 2.21. The minimum atomic E-state index is 0.576. The Labute approximate surface area is 177 Å². The molecule has 2 atom stereocenters. The maximum Gasteiger partial charge on any atom is -0.0211 e. The van der Waals surface area contributed by atoms with Crippen LogP contribution in [-0.2, 0) is 12.8 Å². The Morgan fingerprint density at radius 1 is 0.692 bits per heavy atom. The van der Waals surface area contributed by atoms with Crippen LogP contribution in [-0.4, -0.2) is 12.3 Å². The highest BCUT2D eigenvalue weighted by Gasteiger charge is 1.96. The molecule has 0 amide bonds. The number of hydrogen-bond acceptors (Lipinski definition) is 0. The van der Waals surface area contributed by atoms with Crippen LogP contribution in [0.1, 0.15) is 46.2 Å². The van der Waals surface area contributed by atoms with Crippen molar-refractivity contribution in [1.82, 2.24) is 0 Å². The molecule has 4 heteroatoms. The van der Waals surface area contributed by atoms with Crippen LogP contribution in [0.5, 0.6) is 0 Å². The first-order valence-electron chi connectivity index (χ1n) is 9.26. The van der Waals surface area contributed by atoms with Gasteiger partial charge in [0.25, 0.3) is 0 Å². The summed E-state index contributed by atoms with van der Waals surface area (Å²) in [6.45, 7) is 8.64. The van der Waals surface area contributed by atoms with Crippen molar-refractivity contribution < 1.29 is 0 Å². The summed E-state index contributed by atoms with van der Waals surface area (Å²) in [7, 11) is 1.49. The van der Waals surface area contributed by atoms with Crippen molar-refractivity contribution in [2.75, 3.05) is 12.3 Å². The van der Waals surface area contributed by atoms with E-state index in [1.54, 1.807) is 0 Å². The van der Waals surface area contributed by atoms with Crippen LogP contribution in [0.2, 0.25) is 0 Å². The number of halogens is 2. The Balaban J connectivity index is 0.000000260. The minimum absolute atomic E-state index is 0.576. The minimum Gasteiger partial charge on any atom is -0.100 e. The van der Waals surface area contributed by atoms with Crippen LogP contribution in [0.15, 0.2) is 36.4 Å². The van der Waals surface area contributed by atoms with E-state index in [4.69, 9.17) is 11.2 Å². The lowest BCUT2D eigenvalue weighted by Gasteiger charge is -2.03. The first kappa shape index (κ1) is 24.1. The molecule has 0 aliphatic carbocycles. The zero-order valence-corrected chi connectivity index (χ0v) is 20.8. The highest BCUT2D eigenvalue weighted by molar-refractivity contribution is 9.36. The van der Waals surface area contributed by atoms with Crippen LogP contribution in [0.3, 0.4) is 0 Å². The van der Waals surface area contributed by atoms with Crippen LogP contribution in [0, 0.1) is 27.7 Å². The Bertz CT molecular complexity index is 561. The smallest absolute Gasteiger partial charge is 0.0211 e. The molecule has 0 radical (unpaired) electrons. The van der Waals surface area contributed by atoms with Gasteiger partial charge in [0.05, 0.1) is 0 Å². The summed E-state index contributed by atoms with van der Waals surface area (Å²) in [5, 5.41) is 0. The van der Waals surface area contributed by atoms with Gasteiger partial charge in [0.1, 0.15) is 0 Å². The normalized spacial score (nSPS) is 11.3. The predicted octanol–water partition coefficient (Wildman–Crippen LogP) is 8.29. The van der Waals surface area contributed by atoms with Crippen molar-refractivity contribution >= 4 is 41.9 Å². The van der Waals surface area contributed by atoms with Gasteiger partial charge in [-0.25, -0.2) is 0 Å². The third kappa shape index (κ3) is 11.0. The third-order valence-corrected chi connectivity index (χ3v) is 6.88. The average Bonchev–Trinajstić information content (AvgIpc) is 2.54. The fraction of sp³-hybridized carbons (Fsp3) is 0.455. The molecule has 2 unspecified atom stereocenters. The van der Waals surface area contributed by atoms with E-state index in [2.05, 4.69) is 79.6 Å². The van der Waals surface area contributed by atoms with E-state index >= 15 is 0 Å². The zero-order valence-electron chi connectivity index (χ0n) is 16.5. The summed E-state index contributed by atoms with van der Waals surface area (Å²) in [4.78, 5) is 0. The molecule has 0 aromatic heterocycles. The van der Waals surface area contributed by atoms with E-state index in [0.717, 1.165) is 13.4 Å². The molecule has 0 saturated heterocycles. The van der Waals surface area contributed by atoms with Crippen molar-refractivity contribution in [3.63, 3.8) is 0 Å². The predicted molar refractivity (Wildman–Crippen MR) is 130 cm³/mol. The van der Waals surface area contributed by atoms with Gasteiger partial charge >= 0.3 is 0 Å². The van der Waals surface area contributed by atoms with E-state index in [9.17, 15) is 0 Å². The molecular weight excluding hydrogens is 442 g/mol. The summed E-state index contributed by atoms with van der Waals surface area (Å²) < 4.78 is 0. The molecule has 2 rings (SSSR count). The van der Waals surface area contributed by atoms with E-state index in [0.29, 0.717) is 7.93 Å². The van der Waals surface area contributed by atoms with E-state index in [1.165, 1.54) is 65.2 Å². The summed E-state index contributed by atoms with van der Waals surface area (Å²) >= 11 is 9.14. The number of rotatable bonds is 8. The Kier molecular flexibility index (Phi) is 13.1. The Hall–Kier alpha value is 0.0700. The molecule has 0 nitrogen and oxygen atoms in total. The molecule has 26 heavy (non-hydrogen) atoms. The van der Waals surface area contributed by atoms with Crippen LogP contribution in [0.4, 0.5) is 0 Å². The average molecular weight is 474 g/mol. The fourth-order valence-corrected chi connectivity index (χ4v) is 5.01. The van der Waals surface area contributed by atoms with Crippen LogP contribution >= 0.6 is 41.9 Å². The lowest BCUT2D eigenvalue weighted by Crippen LogP contribution is -1.89. The fourth-order valence-electron chi connectivity index (χ4n) is 3.15. The second-order valence-electron chi connectivity index (χ2n) is 6.97. The second kappa shape index (κ2) is 14.1. The Morgan fingerprint density at radius 3 is 1.42 bits per heavy atom. The molecule has 2 aromatic carbocycles. The van der Waals surface area contributed by atoms with Crippen LogP contribution < -0.4 is 0 Å². The molecule has 0 N–H and O–H groups in total. The molecule has 0 aliphatic rings. The third-order valence-electron chi connectivity index (χ3n) is 4.04. The molecule has 2 aromatic rings. The first-order valence-corrected chi connectivity index (χ1v) is 14.9. The van der Waals surface area contributed by atoms with Gasteiger partial charge in [-0.15, -0.1) is 11.2 Å². The lowest BCUT2D eigenvalue weighted by molar-refractivity contribution is 0.929. The molecular formula is C22H32BrClP2. The lowest BCUT2D eigenvalue weighted by atomic mass is 10.0. The molecule has 0 heterocycles. The molecule has 144 valence electrons. The number of aryl methyl sites for hydroxylation is 6. The largest absolute Gasteiger partial charge is 0.100 e. The topological polar surface area (TPSA) is 0 Å². The second-order valence-corrected chi connectivity index (χ2v) is 11.0. The van der Waals surface area contributed by atoms with Gasteiger partial charge in [-0.3, -0.25) is 0 Å². The molecule has 0 fully saturated rings. The van der Waals surface area contributed by atoms with Gasteiger partial charge in [-0.1, -0.05) is 81.4 Å². The van der Waals surface area contributed by atoms with Crippen molar-refractivity contribution in [3.8, 4) is 0 Å². The van der Waals surface area contributed by atoms with Gasteiger partial charge in [-0.2, -0.15) is 0 Å². The summed E-state index contributed by atoms with van der Waals surface area (Å²) in [5.74, 6) is 0. The molecule has 0 aliphatic heterocycles. The van der Waals surface area contributed by atoms with Gasteiger partial charge in [0.15, 0.2) is 0 Å². The molecule has 0 saturated carbocycles. The van der Waals surface area contributed by atoms with Crippen molar-refractivity contribution in [2.24, 2.45) is 0 Å². The molecule has 0 spiro atoms. The summed E-state index contributed by atoms with van der Waals surface area (Å²) in [6.07, 6.45) is 7.35. The maximum atomic E-state index is 5.66. The van der Waals surface area contributed by atoms with Crippen molar-refractivity contribution in [3.05, 3.63) is 69.8 Å². The summed E-state index contributed by atoms with van der Waals surface area (Å²) in [5.41, 5.74) is 8.44. The quantitative estimate of drug-likeness (QED) is 0.267. The van der Waals surface area contributed by atoms with E-state index < -0.39 is 0 Å². The molecule has 0 bridgehead atoms. The van der Waals surface area contributed by atoms with Gasteiger partial charge in [0.2, 0.25) is 0 Å². The number of benzene rings is 2. The van der Waals surface area contributed by atoms with Crippen molar-refractivity contribution in [1.29, 1.82) is 0 Å². The van der Waals surface area contributed by atoms with E-state index in [1.807, 2.05) is 0 Å². The monoisotopic (exact) mass is 472 g/mol. The number of hydrogen-bond donors (Lipinski definition) is 0. The Morgan fingerprint density at radius 2 is 1.08 bits per heavy atom. The standard InChI is InChI=1S/C11H16BrP.C11H16ClP/c2*1-9-6-10(2)8-11(7-9)4-3-5-13-12/h2*6-8,13H,3-5H2,1-2H3. The summed E-state index contributed by atoms with van der Waals surface area (Å²) in [6, 6.07) is 13.6. The van der Waals surface area contributed by atoms with Gasteiger partial charge < -0.3 is 0 Å². The van der Waals surface area contributed by atoms with Gasteiger partial charge in [-0.05, 0) is 84.8 Å². The van der Waals surface area contributed by atoms with E-state index in [-0.39, 0.29) is 0 Å². The van der Waals surface area contributed by atoms with Crippen molar-refractivity contribution in [2.45, 2.75) is 53.4 Å². The highest BCUT2D eigenvalue weighted by atomic mass is 79.9. The maximum absolute atomic E-state index is 5.66. The first-order chi connectivity index (χ1) is 12.4. The van der Waals surface area contributed by atoms with Crippen LogP contribution in [0.25, 0.3) is 0 Å². The van der Waals surface area contributed by atoms with Gasteiger partial charge in [0, 0.05) is 0 Å².